The van der Waals surface area contributed by atoms with Crippen molar-refractivity contribution >= 4 is 35.2 Å². The van der Waals surface area contributed by atoms with E-state index >= 15 is 0 Å². The van der Waals surface area contributed by atoms with Gasteiger partial charge in [-0.2, -0.15) is 0 Å². The van der Waals surface area contributed by atoms with Crippen LogP contribution < -0.4 is 15.5 Å². The van der Waals surface area contributed by atoms with E-state index < -0.39 is 29.7 Å². The lowest BCUT2D eigenvalue weighted by atomic mass is 9.84. The number of rotatable bonds is 4. The van der Waals surface area contributed by atoms with Crippen LogP contribution in [0, 0.1) is 5.92 Å². The molecule has 1 aromatic carbocycles. The Hall–Kier alpha value is -3.23. The van der Waals surface area contributed by atoms with Crippen LogP contribution in [-0.4, -0.2) is 59.6 Å². The quantitative estimate of drug-likeness (QED) is 0.677. The number of nitrogens with zero attached hydrogens (tertiary/aromatic N) is 2. The molecule has 9 heteroatoms. The first-order valence-electron chi connectivity index (χ1n) is 11.3. The molecular formula is C23H26N4O5. The minimum Gasteiger partial charge on any atom is -0.371 e. The van der Waals surface area contributed by atoms with Crippen molar-refractivity contribution in [1.29, 1.82) is 0 Å². The van der Waals surface area contributed by atoms with E-state index in [1.165, 1.54) is 0 Å². The molecule has 32 heavy (non-hydrogen) atoms. The average molecular weight is 438 g/mol. The molecule has 1 aromatic rings. The predicted octanol–water partition coefficient (Wildman–Crippen LogP) is 0.973. The van der Waals surface area contributed by atoms with Crippen molar-refractivity contribution in [1.82, 2.24) is 15.5 Å². The summed E-state index contributed by atoms with van der Waals surface area (Å²) in [4.78, 5) is 65.4. The van der Waals surface area contributed by atoms with Gasteiger partial charge in [0, 0.05) is 31.5 Å². The first-order chi connectivity index (χ1) is 15.4. The Balaban J connectivity index is 1.31. The third kappa shape index (κ3) is 3.45. The van der Waals surface area contributed by atoms with E-state index in [9.17, 15) is 24.0 Å². The Kier molecular flexibility index (Phi) is 5.19. The van der Waals surface area contributed by atoms with Gasteiger partial charge in [0.25, 0.3) is 11.8 Å². The Labute approximate surface area is 185 Å². The average Bonchev–Trinajstić information content (AvgIpc) is 2.98. The lowest BCUT2D eigenvalue weighted by molar-refractivity contribution is -0.136. The maximum absolute atomic E-state index is 13.3. The monoisotopic (exact) mass is 438 g/mol. The molecule has 5 amide bonds. The van der Waals surface area contributed by atoms with E-state index in [1.54, 1.807) is 12.1 Å². The summed E-state index contributed by atoms with van der Waals surface area (Å²) in [6, 6.07) is 4.33. The number of benzene rings is 1. The molecule has 3 fully saturated rings. The zero-order chi connectivity index (χ0) is 22.4. The van der Waals surface area contributed by atoms with Crippen LogP contribution in [-0.2, 0) is 14.4 Å². The molecule has 1 unspecified atom stereocenters. The summed E-state index contributed by atoms with van der Waals surface area (Å²) in [6.45, 7) is 1.32. The standard InChI is InChI=1S/C23H26N4O5/c28-18-8-7-17(21(30)25-18)27-22(31)15-5-2-6-16(19(15)23(27)32)26-11-9-14(10-12-26)24-20(29)13-3-1-4-13/h2,5-6,13-14,17H,1,3-4,7-12H2,(H,24,29)(H,25,28,30). The van der Waals surface area contributed by atoms with Crippen molar-refractivity contribution in [3.8, 4) is 0 Å². The number of carbonyl (C=O) groups is 5. The Bertz CT molecular complexity index is 1010. The van der Waals surface area contributed by atoms with Gasteiger partial charge in [0.2, 0.25) is 17.7 Å². The van der Waals surface area contributed by atoms with Gasteiger partial charge >= 0.3 is 0 Å². The van der Waals surface area contributed by atoms with Crippen LogP contribution >= 0.6 is 0 Å². The minimum atomic E-state index is -0.972. The summed E-state index contributed by atoms with van der Waals surface area (Å²) in [6.07, 6.45) is 4.83. The van der Waals surface area contributed by atoms with E-state index in [4.69, 9.17) is 0 Å². The molecule has 0 aromatic heterocycles. The first-order valence-corrected chi connectivity index (χ1v) is 11.3. The number of imide groups is 2. The van der Waals surface area contributed by atoms with Gasteiger partial charge in [0.1, 0.15) is 6.04 Å². The normalized spacial score (nSPS) is 24.3. The van der Waals surface area contributed by atoms with Gasteiger partial charge < -0.3 is 10.2 Å². The predicted molar refractivity (Wildman–Crippen MR) is 114 cm³/mol. The number of anilines is 1. The molecule has 3 heterocycles. The number of hydrogen-bond donors (Lipinski definition) is 2. The van der Waals surface area contributed by atoms with E-state index in [0.29, 0.717) is 24.3 Å². The molecule has 2 saturated heterocycles. The van der Waals surface area contributed by atoms with Crippen LogP contribution in [0.3, 0.4) is 0 Å². The maximum atomic E-state index is 13.3. The van der Waals surface area contributed by atoms with Gasteiger partial charge in [0.05, 0.1) is 16.8 Å². The molecule has 0 radical (unpaired) electrons. The highest BCUT2D eigenvalue weighted by Crippen LogP contribution is 2.35. The van der Waals surface area contributed by atoms with Gasteiger partial charge in [-0.3, -0.25) is 34.2 Å². The fourth-order valence-corrected chi connectivity index (χ4v) is 5.01. The zero-order valence-corrected chi connectivity index (χ0v) is 17.8. The second kappa shape index (κ2) is 8.03. The van der Waals surface area contributed by atoms with Gasteiger partial charge in [-0.15, -0.1) is 0 Å². The van der Waals surface area contributed by atoms with Gasteiger partial charge in [0.15, 0.2) is 0 Å². The maximum Gasteiger partial charge on any atom is 0.264 e. The van der Waals surface area contributed by atoms with Crippen LogP contribution in [0.5, 0.6) is 0 Å². The van der Waals surface area contributed by atoms with Crippen molar-refractivity contribution in [2.24, 2.45) is 5.92 Å². The minimum absolute atomic E-state index is 0.0940. The molecule has 0 bridgehead atoms. The van der Waals surface area contributed by atoms with Crippen LogP contribution in [0.1, 0.15) is 65.7 Å². The Morgan fingerprint density at radius 2 is 1.72 bits per heavy atom. The van der Waals surface area contributed by atoms with Gasteiger partial charge in [-0.05, 0) is 44.2 Å². The number of nitrogens with one attached hydrogen (secondary N) is 2. The van der Waals surface area contributed by atoms with E-state index in [-0.39, 0.29) is 36.3 Å². The lowest BCUT2D eigenvalue weighted by Gasteiger charge is -2.36. The van der Waals surface area contributed by atoms with Crippen molar-refractivity contribution in [2.45, 2.75) is 57.0 Å². The molecule has 1 atom stereocenters. The van der Waals surface area contributed by atoms with Gasteiger partial charge in [-0.1, -0.05) is 12.5 Å². The molecule has 4 aliphatic rings. The third-order valence-corrected chi connectivity index (χ3v) is 7.10. The summed E-state index contributed by atoms with van der Waals surface area (Å²) >= 11 is 0. The van der Waals surface area contributed by atoms with E-state index in [1.807, 2.05) is 6.07 Å². The molecule has 1 aliphatic carbocycles. The third-order valence-electron chi connectivity index (χ3n) is 7.10. The number of hydrogen-bond acceptors (Lipinski definition) is 6. The molecule has 168 valence electrons. The van der Waals surface area contributed by atoms with Crippen LogP contribution in [0.2, 0.25) is 0 Å². The highest BCUT2D eigenvalue weighted by Gasteiger charge is 2.46. The first kappa shape index (κ1) is 20.7. The molecular weight excluding hydrogens is 412 g/mol. The number of carbonyl (C=O) groups excluding carboxylic acids is 5. The second-order valence-corrected chi connectivity index (χ2v) is 9.04. The van der Waals surface area contributed by atoms with Crippen molar-refractivity contribution < 1.29 is 24.0 Å². The summed E-state index contributed by atoms with van der Waals surface area (Å²) in [5.41, 5.74) is 1.29. The number of amides is 5. The van der Waals surface area contributed by atoms with Crippen LogP contribution in [0.15, 0.2) is 18.2 Å². The zero-order valence-electron chi connectivity index (χ0n) is 17.8. The molecule has 0 spiro atoms. The van der Waals surface area contributed by atoms with E-state index in [0.717, 1.165) is 37.0 Å². The van der Waals surface area contributed by atoms with Crippen LogP contribution in [0.4, 0.5) is 5.69 Å². The van der Waals surface area contributed by atoms with Gasteiger partial charge in [-0.25, -0.2) is 0 Å². The smallest absolute Gasteiger partial charge is 0.264 e. The molecule has 1 saturated carbocycles. The highest BCUT2D eigenvalue weighted by molar-refractivity contribution is 6.25. The second-order valence-electron chi connectivity index (χ2n) is 9.04. The molecule has 9 nitrogen and oxygen atoms in total. The highest BCUT2D eigenvalue weighted by atomic mass is 16.2. The number of piperidine rings is 2. The lowest BCUT2D eigenvalue weighted by Crippen LogP contribution is -2.54. The number of fused-ring (bicyclic) bond motifs is 1. The topological polar surface area (TPSA) is 116 Å². The fraction of sp³-hybridized carbons (Fsp3) is 0.522. The SMILES string of the molecule is O=C1CCC(N2C(=O)c3cccc(N4CCC(NC(=O)C5CCC5)CC4)c3C2=O)C(=O)N1. The molecule has 2 N–H and O–H groups in total. The molecule has 5 rings (SSSR count). The Morgan fingerprint density at radius 1 is 0.969 bits per heavy atom. The van der Waals surface area contributed by atoms with Crippen molar-refractivity contribution in [3.05, 3.63) is 29.3 Å². The summed E-state index contributed by atoms with van der Waals surface area (Å²) in [5.74, 6) is -1.68. The largest absolute Gasteiger partial charge is 0.371 e. The summed E-state index contributed by atoms with van der Waals surface area (Å²) in [5, 5.41) is 5.37. The molecule has 3 aliphatic heterocycles. The Morgan fingerprint density at radius 3 is 2.38 bits per heavy atom. The summed E-state index contributed by atoms with van der Waals surface area (Å²) in [7, 11) is 0. The van der Waals surface area contributed by atoms with E-state index in [2.05, 4.69) is 15.5 Å². The fourth-order valence-electron chi connectivity index (χ4n) is 5.01. The summed E-state index contributed by atoms with van der Waals surface area (Å²) < 4.78 is 0. The van der Waals surface area contributed by atoms with Crippen LogP contribution in [0.25, 0.3) is 0 Å². The van der Waals surface area contributed by atoms with Crippen molar-refractivity contribution in [2.75, 3.05) is 18.0 Å². The van der Waals surface area contributed by atoms with Crippen molar-refractivity contribution in [3.63, 3.8) is 0 Å².